The smallest absolute Gasteiger partial charge is 0.345 e. The van der Waals surface area contributed by atoms with E-state index >= 15 is 0 Å². The minimum absolute atomic E-state index is 0.258. The van der Waals surface area contributed by atoms with Gasteiger partial charge >= 0.3 is 5.97 Å². The zero-order valence-corrected chi connectivity index (χ0v) is 17.5. The van der Waals surface area contributed by atoms with Crippen molar-refractivity contribution in [3.05, 3.63) is 101 Å². The summed E-state index contributed by atoms with van der Waals surface area (Å²) >= 11 is 0. The average molecular weight is 402 g/mol. The summed E-state index contributed by atoms with van der Waals surface area (Å²) in [4.78, 5) is 25.6. The Morgan fingerprint density at radius 1 is 0.867 bits per heavy atom. The summed E-state index contributed by atoms with van der Waals surface area (Å²) in [7, 11) is 0. The van der Waals surface area contributed by atoms with E-state index in [1.165, 1.54) is 0 Å². The average Bonchev–Trinajstić information content (AvgIpc) is 2.76. The van der Waals surface area contributed by atoms with Gasteiger partial charge in [0.15, 0.2) is 12.7 Å². The molecule has 3 aromatic rings. The third-order valence-electron chi connectivity index (χ3n) is 4.78. The molecule has 0 radical (unpaired) electrons. The van der Waals surface area contributed by atoms with Crippen LogP contribution in [0.2, 0.25) is 0 Å². The predicted molar refractivity (Wildman–Crippen MR) is 117 cm³/mol. The number of carbonyl (C=O) groups excluding carboxylic acids is 2. The van der Waals surface area contributed by atoms with E-state index in [2.05, 4.69) is 13.8 Å². The second kappa shape index (κ2) is 9.88. The van der Waals surface area contributed by atoms with Crippen molar-refractivity contribution in [1.82, 2.24) is 0 Å². The van der Waals surface area contributed by atoms with E-state index in [1.54, 1.807) is 36.4 Å². The molecule has 0 N–H and O–H groups in total. The minimum atomic E-state index is -1.02. The summed E-state index contributed by atoms with van der Waals surface area (Å²) in [5, 5.41) is 0. The lowest BCUT2D eigenvalue weighted by atomic mass is 10.00. The summed E-state index contributed by atoms with van der Waals surface area (Å²) in [5.41, 5.74) is 3.18. The Kier molecular flexibility index (Phi) is 7.02. The molecule has 154 valence electrons. The van der Waals surface area contributed by atoms with Crippen molar-refractivity contribution >= 4 is 11.8 Å². The van der Waals surface area contributed by atoms with Crippen molar-refractivity contribution in [1.29, 1.82) is 0 Å². The highest BCUT2D eigenvalue weighted by Gasteiger charge is 2.26. The number of esters is 1. The molecule has 0 heterocycles. The van der Waals surface area contributed by atoms with Gasteiger partial charge in [0, 0.05) is 11.1 Å². The molecule has 0 aliphatic carbocycles. The Hall–Kier alpha value is -3.40. The molecule has 0 aromatic heterocycles. The molecule has 3 rings (SSSR count). The highest BCUT2D eigenvalue weighted by atomic mass is 16.6. The van der Waals surface area contributed by atoms with Crippen LogP contribution in [0.1, 0.15) is 52.9 Å². The molecular weight excluding hydrogens is 376 g/mol. The normalized spacial score (nSPS) is 11.7. The first-order valence-corrected chi connectivity index (χ1v) is 10.0. The summed E-state index contributed by atoms with van der Waals surface area (Å²) < 4.78 is 11.4. The standard InChI is InChI=1S/C26H26O4/c1-18(2)22-15-14-19(3)16-23(22)29-17-24(27)30-26(21-12-8-5-9-13-21)25(28)20-10-6-4-7-11-20/h4-16,18,26H,17H2,1-3H3. The van der Waals surface area contributed by atoms with Crippen LogP contribution in [0.3, 0.4) is 0 Å². The highest BCUT2D eigenvalue weighted by molar-refractivity contribution is 6.01. The van der Waals surface area contributed by atoms with Crippen molar-refractivity contribution in [3.63, 3.8) is 0 Å². The minimum Gasteiger partial charge on any atom is -0.482 e. The van der Waals surface area contributed by atoms with Gasteiger partial charge in [0.05, 0.1) is 0 Å². The third kappa shape index (κ3) is 5.35. The van der Waals surface area contributed by atoms with Crippen molar-refractivity contribution < 1.29 is 19.1 Å². The molecule has 0 saturated heterocycles. The highest BCUT2D eigenvalue weighted by Crippen LogP contribution is 2.28. The van der Waals surface area contributed by atoms with Crippen LogP contribution in [0, 0.1) is 6.92 Å². The van der Waals surface area contributed by atoms with Crippen LogP contribution < -0.4 is 4.74 Å². The first-order chi connectivity index (χ1) is 14.5. The lowest BCUT2D eigenvalue weighted by Gasteiger charge is -2.19. The monoisotopic (exact) mass is 402 g/mol. The van der Waals surface area contributed by atoms with E-state index in [4.69, 9.17) is 9.47 Å². The fourth-order valence-electron chi connectivity index (χ4n) is 3.20. The van der Waals surface area contributed by atoms with Gasteiger partial charge < -0.3 is 9.47 Å². The molecule has 1 unspecified atom stereocenters. The Morgan fingerprint density at radius 3 is 2.13 bits per heavy atom. The molecule has 0 bridgehead atoms. The number of ether oxygens (including phenoxy) is 2. The van der Waals surface area contributed by atoms with Gasteiger partial charge in [-0.15, -0.1) is 0 Å². The van der Waals surface area contributed by atoms with Gasteiger partial charge in [0.25, 0.3) is 0 Å². The molecule has 0 fully saturated rings. The fourth-order valence-corrected chi connectivity index (χ4v) is 3.20. The zero-order chi connectivity index (χ0) is 21.5. The maximum absolute atomic E-state index is 13.0. The third-order valence-corrected chi connectivity index (χ3v) is 4.78. The molecule has 0 aliphatic heterocycles. The number of benzene rings is 3. The van der Waals surface area contributed by atoms with Crippen LogP contribution in [0.4, 0.5) is 0 Å². The van der Waals surface area contributed by atoms with Gasteiger partial charge in [-0.2, -0.15) is 0 Å². The summed E-state index contributed by atoms with van der Waals surface area (Å²) in [6, 6.07) is 23.8. The van der Waals surface area contributed by atoms with E-state index in [9.17, 15) is 9.59 Å². The molecule has 3 aromatic carbocycles. The number of Topliss-reactive ketones (excluding diaryl/α,β-unsaturated/α-hetero) is 1. The number of hydrogen-bond acceptors (Lipinski definition) is 4. The second-order valence-corrected chi connectivity index (χ2v) is 7.50. The Labute approximate surface area is 177 Å². The predicted octanol–water partition coefficient (Wildman–Crippen LogP) is 5.66. The molecule has 4 heteroatoms. The molecule has 1 atom stereocenters. The summed E-state index contributed by atoms with van der Waals surface area (Å²) in [6.07, 6.45) is -1.02. The molecule has 0 spiro atoms. The second-order valence-electron chi connectivity index (χ2n) is 7.50. The van der Waals surface area contributed by atoms with Crippen LogP contribution in [-0.2, 0) is 9.53 Å². The van der Waals surface area contributed by atoms with E-state index in [-0.39, 0.29) is 18.3 Å². The molecule has 0 saturated carbocycles. The number of ketones is 1. The maximum atomic E-state index is 13.0. The first kappa shape index (κ1) is 21.3. The molecule has 4 nitrogen and oxygen atoms in total. The van der Waals surface area contributed by atoms with E-state index < -0.39 is 12.1 Å². The van der Waals surface area contributed by atoms with Crippen LogP contribution in [-0.4, -0.2) is 18.4 Å². The Bertz CT molecular complexity index is 994. The molecule has 0 aliphatic rings. The van der Waals surface area contributed by atoms with Gasteiger partial charge in [-0.05, 0) is 30.0 Å². The topological polar surface area (TPSA) is 52.6 Å². The van der Waals surface area contributed by atoms with Gasteiger partial charge in [-0.1, -0.05) is 86.6 Å². The quantitative estimate of drug-likeness (QED) is 0.360. The van der Waals surface area contributed by atoms with Crippen molar-refractivity contribution in [3.8, 4) is 5.75 Å². The Morgan fingerprint density at radius 2 is 1.50 bits per heavy atom. The SMILES string of the molecule is Cc1ccc(C(C)C)c(OCC(=O)OC(C(=O)c2ccccc2)c2ccccc2)c1. The largest absolute Gasteiger partial charge is 0.482 e. The maximum Gasteiger partial charge on any atom is 0.345 e. The number of rotatable bonds is 8. The van der Waals surface area contributed by atoms with Gasteiger partial charge in [-0.3, -0.25) is 4.79 Å². The fraction of sp³-hybridized carbons (Fsp3) is 0.231. The summed E-state index contributed by atoms with van der Waals surface area (Å²) in [6.45, 7) is 5.84. The molecule has 0 amide bonds. The summed E-state index contributed by atoms with van der Waals surface area (Å²) in [5.74, 6) is 0.0545. The zero-order valence-electron chi connectivity index (χ0n) is 17.5. The van der Waals surface area contributed by atoms with E-state index in [0.29, 0.717) is 16.9 Å². The Balaban J connectivity index is 1.76. The van der Waals surface area contributed by atoms with Crippen LogP contribution >= 0.6 is 0 Å². The van der Waals surface area contributed by atoms with Gasteiger partial charge in [0.1, 0.15) is 5.75 Å². The van der Waals surface area contributed by atoms with Crippen molar-refractivity contribution in [2.45, 2.75) is 32.8 Å². The van der Waals surface area contributed by atoms with Crippen molar-refractivity contribution in [2.24, 2.45) is 0 Å². The van der Waals surface area contributed by atoms with E-state index in [1.807, 2.05) is 49.4 Å². The number of carbonyl (C=O) groups is 2. The van der Waals surface area contributed by atoms with Gasteiger partial charge in [0.2, 0.25) is 5.78 Å². The lowest BCUT2D eigenvalue weighted by Crippen LogP contribution is -2.24. The van der Waals surface area contributed by atoms with Crippen LogP contribution in [0.5, 0.6) is 5.75 Å². The van der Waals surface area contributed by atoms with E-state index in [0.717, 1.165) is 11.1 Å². The lowest BCUT2D eigenvalue weighted by molar-refractivity contribution is -0.149. The number of hydrogen-bond donors (Lipinski definition) is 0. The van der Waals surface area contributed by atoms with Crippen molar-refractivity contribution in [2.75, 3.05) is 6.61 Å². The first-order valence-electron chi connectivity index (χ1n) is 10.0. The molecule has 30 heavy (non-hydrogen) atoms. The number of aryl methyl sites for hydroxylation is 1. The van der Waals surface area contributed by atoms with Gasteiger partial charge in [-0.25, -0.2) is 4.79 Å². The van der Waals surface area contributed by atoms with Crippen LogP contribution in [0.25, 0.3) is 0 Å². The molecular formula is C26H26O4. The van der Waals surface area contributed by atoms with Crippen LogP contribution in [0.15, 0.2) is 78.9 Å².